The minimum absolute atomic E-state index is 0.102. The number of sulfonamides is 1. The van der Waals surface area contributed by atoms with Gasteiger partial charge in [-0.2, -0.15) is 0 Å². The molecule has 3 rings (SSSR count). The van der Waals surface area contributed by atoms with Crippen molar-refractivity contribution in [1.29, 1.82) is 0 Å². The third kappa shape index (κ3) is 5.77. The van der Waals surface area contributed by atoms with E-state index in [2.05, 4.69) is 4.98 Å². The van der Waals surface area contributed by atoms with Crippen LogP contribution in [0.1, 0.15) is 35.3 Å². The topological polar surface area (TPSA) is 79.8 Å². The molecular weight excluding hydrogens is 390 g/mol. The molecule has 1 amide bonds. The van der Waals surface area contributed by atoms with Crippen LogP contribution in [0.5, 0.6) is 5.75 Å². The fraction of sp³-hybridized carbons (Fsp3) is 0.429. The first-order chi connectivity index (χ1) is 14.0. The second-order valence-electron chi connectivity index (χ2n) is 7.06. The number of nitrogens with zero attached hydrogens (tertiary/aromatic N) is 3. The summed E-state index contributed by atoms with van der Waals surface area (Å²) in [4.78, 5) is 19.0. The summed E-state index contributed by atoms with van der Waals surface area (Å²) in [5.74, 6) is 0.230. The van der Waals surface area contributed by atoms with Crippen LogP contribution in [0.3, 0.4) is 0 Å². The van der Waals surface area contributed by atoms with Gasteiger partial charge >= 0.3 is 0 Å². The molecule has 7 nitrogen and oxygen atoms in total. The Morgan fingerprint density at radius 2 is 1.93 bits per heavy atom. The van der Waals surface area contributed by atoms with E-state index in [4.69, 9.17) is 4.74 Å². The maximum Gasteiger partial charge on any atom is 0.254 e. The van der Waals surface area contributed by atoms with E-state index in [0.717, 1.165) is 19.3 Å². The molecule has 2 aromatic rings. The number of amides is 1. The molecule has 1 aromatic carbocycles. The summed E-state index contributed by atoms with van der Waals surface area (Å²) in [6, 6.07) is 12.4. The zero-order valence-electron chi connectivity index (χ0n) is 16.7. The van der Waals surface area contributed by atoms with Crippen molar-refractivity contribution in [3.05, 3.63) is 59.9 Å². The number of piperidine rings is 1. The first-order valence-electron chi connectivity index (χ1n) is 9.80. The van der Waals surface area contributed by atoms with Crippen molar-refractivity contribution in [2.45, 2.75) is 25.8 Å². The summed E-state index contributed by atoms with van der Waals surface area (Å²) in [5.41, 5.74) is 1.16. The Morgan fingerprint density at radius 3 is 2.62 bits per heavy atom. The monoisotopic (exact) mass is 417 g/mol. The van der Waals surface area contributed by atoms with Gasteiger partial charge in [-0.1, -0.05) is 18.6 Å². The Balaban J connectivity index is 1.77. The highest BCUT2D eigenvalue weighted by Gasteiger charge is 2.26. The van der Waals surface area contributed by atoms with Gasteiger partial charge in [0.15, 0.2) is 0 Å². The maximum atomic E-state index is 13.1. The molecule has 1 fully saturated rings. The average molecular weight is 418 g/mol. The zero-order chi connectivity index (χ0) is 20.7. The number of hydrogen-bond acceptors (Lipinski definition) is 5. The fourth-order valence-corrected chi connectivity index (χ4v) is 4.90. The van der Waals surface area contributed by atoms with Crippen LogP contribution in [-0.2, 0) is 16.6 Å². The smallest absolute Gasteiger partial charge is 0.254 e. The average Bonchev–Trinajstić information content (AvgIpc) is 2.77. The van der Waals surface area contributed by atoms with Gasteiger partial charge in [0.2, 0.25) is 10.0 Å². The fourth-order valence-electron chi connectivity index (χ4n) is 3.38. The van der Waals surface area contributed by atoms with Crippen LogP contribution in [0, 0.1) is 0 Å². The summed E-state index contributed by atoms with van der Waals surface area (Å²) >= 11 is 0. The van der Waals surface area contributed by atoms with Crippen molar-refractivity contribution in [1.82, 2.24) is 14.2 Å². The lowest BCUT2D eigenvalue weighted by molar-refractivity contribution is 0.0751. The highest BCUT2D eigenvalue weighted by atomic mass is 32.2. The number of pyridine rings is 1. The highest BCUT2D eigenvalue weighted by Crippen LogP contribution is 2.17. The summed E-state index contributed by atoms with van der Waals surface area (Å²) < 4.78 is 32.3. The zero-order valence-corrected chi connectivity index (χ0v) is 17.5. The predicted octanol–water partition coefficient (Wildman–Crippen LogP) is 2.55. The van der Waals surface area contributed by atoms with Gasteiger partial charge < -0.3 is 9.64 Å². The van der Waals surface area contributed by atoms with Gasteiger partial charge in [0.25, 0.3) is 5.91 Å². The van der Waals surface area contributed by atoms with Crippen LogP contribution in [0.25, 0.3) is 0 Å². The summed E-state index contributed by atoms with van der Waals surface area (Å²) in [7, 11) is -1.86. The largest absolute Gasteiger partial charge is 0.497 e. The van der Waals surface area contributed by atoms with Crippen molar-refractivity contribution in [3.63, 3.8) is 0 Å². The number of benzene rings is 1. The third-order valence-corrected chi connectivity index (χ3v) is 6.86. The maximum absolute atomic E-state index is 13.1. The van der Waals surface area contributed by atoms with E-state index in [0.29, 0.717) is 30.1 Å². The highest BCUT2D eigenvalue weighted by molar-refractivity contribution is 7.89. The van der Waals surface area contributed by atoms with Crippen LogP contribution in [0.2, 0.25) is 0 Å². The molecule has 0 aliphatic carbocycles. The molecule has 1 saturated heterocycles. The Bertz CT molecular complexity index is 913. The van der Waals surface area contributed by atoms with E-state index >= 15 is 0 Å². The van der Waals surface area contributed by atoms with Crippen molar-refractivity contribution in [3.8, 4) is 5.75 Å². The van der Waals surface area contributed by atoms with Crippen LogP contribution in [0.15, 0.2) is 48.7 Å². The molecule has 0 N–H and O–H groups in total. The summed E-state index contributed by atoms with van der Waals surface area (Å²) in [6.07, 6.45) is 4.50. The van der Waals surface area contributed by atoms with Gasteiger partial charge in [-0.15, -0.1) is 0 Å². The molecule has 1 aliphatic heterocycles. The lowest BCUT2D eigenvalue weighted by Crippen LogP contribution is -2.41. The van der Waals surface area contributed by atoms with Gasteiger partial charge in [-0.25, -0.2) is 12.7 Å². The van der Waals surface area contributed by atoms with Crippen molar-refractivity contribution in [2.24, 2.45) is 0 Å². The molecule has 0 saturated carbocycles. The standard InChI is InChI=1S/C21H27N3O4S/c1-28-20-10-7-8-18(16-20)21(25)23(17-19-9-3-4-11-22-19)14-15-29(26,27)24-12-5-2-6-13-24/h3-4,7-11,16H,2,5-6,12-15,17H2,1H3. The molecule has 0 atom stereocenters. The molecule has 2 heterocycles. The molecule has 0 unspecified atom stereocenters. The normalized spacial score (nSPS) is 15.1. The van der Waals surface area contributed by atoms with Gasteiger partial charge in [0.1, 0.15) is 5.75 Å². The predicted molar refractivity (Wildman–Crippen MR) is 111 cm³/mol. The number of rotatable bonds is 8. The Hall–Kier alpha value is -2.45. The van der Waals surface area contributed by atoms with Gasteiger partial charge in [-0.05, 0) is 43.2 Å². The second kappa shape index (κ2) is 9.84. The van der Waals surface area contributed by atoms with E-state index < -0.39 is 10.0 Å². The molecular formula is C21H27N3O4S. The number of hydrogen-bond donors (Lipinski definition) is 0. The lowest BCUT2D eigenvalue weighted by Gasteiger charge is -2.28. The number of aromatic nitrogens is 1. The van der Waals surface area contributed by atoms with Gasteiger partial charge in [0.05, 0.1) is 25.1 Å². The molecule has 8 heteroatoms. The van der Waals surface area contributed by atoms with E-state index in [-0.39, 0.29) is 24.7 Å². The number of carbonyl (C=O) groups excluding carboxylic acids is 1. The molecule has 0 radical (unpaired) electrons. The second-order valence-corrected chi connectivity index (χ2v) is 9.14. The van der Waals surface area contributed by atoms with Crippen LogP contribution >= 0.6 is 0 Å². The van der Waals surface area contributed by atoms with E-state index in [1.807, 2.05) is 12.1 Å². The van der Waals surface area contributed by atoms with Crippen molar-refractivity contribution >= 4 is 15.9 Å². The summed E-state index contributed by atoms with van der Waals surface area (Å²) in [6.45, 7) is 1.47. The molecule has 29 heavy (non-hydrogen) atoms. The number of methoxy groups -OCH3 is 1. The first-order valence-corrected chi connectivity index (χ1v) is 11.4. The first kappa shape index (κ1) is 21.3. The van der Waals surface area contributed by atoms with Crippen molar-refractivity contribution < 1.29 is 17.9 Å². The van der Waals surface area contributed by atoms with Crippen LogP contribution < -0.4 is 4.74 Å². The quantitative estimate of drug-likeness (QED) is 0.659. The lowest BCUT2D eigenvalue weighted by atomic mass is 10.2. The molecule has 1 aliphatic rings. The number of carbonyl (C=O) groups is 1. The minimum atomic E-state index is -3.40. The van der Waals surface area contributed by atoms with E-state index in [1.165, 1.54) is 0 Å². The summed E-state index contributed by atoms with van der Waals surface area (Å²) in [5, 5.41) is 0. The van der Waals surface area contributed by atoms with Gasteiger partial charge in [0, 0.05) is 31.4 Å². The Labute approximate surface area is 172 Å². The van der Waals surface area contributed by atoms with Crippen LogP contribution in [0.4, 0.5) is 0 Å². The third-order valence-electron chi connectivity index (χ3n) is 5.01. The van der Waals surface area contributed by atoms with Crippen molar-refractivity contribution in [2.75, 3.05) is 32.5 Å². The Kier molecular flexibility index (Phi) is 7.22. The molecule has 1 aromatic heterocycles. The van der Waals surface area contributed by atoms with Crippen LogP contribution in [-0.4, -0.2) is 61.0 Å². The molecule has 156 valence electrons. The SMILES string of the molecule is COc1cccc(C(=O)N(CCS(=O)(=O)N2CCCCC2)Cc2ccccn2)c1. The molecule has 0 spiro atoms. The molecule has 0 bridgehead atoms. The Morgan fingerprint density at radius 1 is 1.14 bits per heavy atom. The van der Waals surface area contributed by atoms with Gasteiger partial charge in [-0.3, -0.25) is 9.78 Å². The van der Waals surface area contributed by atoms with E-state index in [9.17, 15) is 13.2 Å². The van der Waals surface area contributed by atoms with E-state index in [1.54, 1.807) is 52.8 Å². The number of ether oxygens (including phenoxy) is 1. The minimum Gasteiger partial charge on any atom is -0.497 e.